The third kappa shape index (κ3) is 8.23. The first-order valence-corrected chi connectivity index (χ1v) is 12.5. The Kier molecular flexibility index (Phi) is 10.8. The van der Waals surface area contributed by atoms with E-state index in [0.29, 0.717) is 29.7 Å². The molecule has 5 N–H and O–H groups in total. The Bertz CT molecular complexity index is 399. The van der Waals surface area contributed by atoms with E-state index in [4.69, 9.17) is 10.3 Å². The lowest BCUT2D eigenvalue weighted by Gasteiger charge is -2.20. The van der Waals surface area contributed by atoms with E-state index in [9.17, 15) is 13.0 Å². The molecule has 0 aromatic heterocycles. The van der Waals surface area contributed by atoms with E-state index >= 15 is 0 Å². The van der Waals surface area contributed by atoms with Gasteiger partial charge in [0, 0.05) is 36.7 Å². The summed E-state index contributed by atoms with van der Waals surface area (Å²) in [5, 5.41) is 10.4. The molecule has 0 aliphatic carbocycles. The Labute approximate surface area is 130 Å². The molecule has 0 aliphatic heterocycles. The number of nitrogens with zero attached hydrogens (tertiary/aromatic N) is 1. The topological polar surface area (TPSA) is 119 Å². The molecule has 0 amide bonds. The molecule has 0 bridgehead atoms. The van der Waals surface area contributed by atoms with E-state index in [2.05, 4.69) is 11.4 Å². The molecule has 0 rings (SSSR count). The Hall–Kier alpha value is 0.720. The number of rotatable bonds is 12. The fraction of sp³-hybridized carbons (Fsp3) is 1.00. The first-order valence-electron chi connectivity index (χ1n) is 6.43. The average Bonchev–Trinajstić information content (AvgIpc) is 2.41. The van der Waals surface area contributed by atoms with E-state index in [-0.39, 0.29) is 0 Å². The molecule has 7 nitrogen and oxygen atoms in total. The Morgan fingerprint density at radius 3 is 2.10 bits per heavy atom. The zero-order chi connectivity index (χ0) is 15.6. The summed E-state index contributed by atoms with van der Waals surface area (Å²) in [6.07, 6.45) is 6.42. The monoisotopic (exact) mass is 364 g/mol. The summed E-state index contributed by atoms with van der Waals surface area (Å²) in [5.74, 6) is 0. The van der Waals surface area contributed by atoms with Gasteiger partial charge in [0.15, 0.2) is 0 Å². The van der Waals surface area contributed by atoms with E-state index in [1.165, 1.54) is 26.3 Å². The molecule has 0 saturated heterocycles. The summed E-state index contributed by atoms with van der Waals surface area (Å²) < 4.78 is 39.0. The SMILES string of the molecule is CCCCCCCCN(C)S(=O)(=O)NP(=O)(SN)SN. The number of nitrogens with two attached hydrogens (primary N) is 2. The molecular formula is C9H25N4O3PS3. The van der Waals surface area contributed by atoms with Crippen molar-refractivity contribution in [2.24, 2.45) is 10.3 Å². The molecule has 122 valence electrons. The molecule has 0 radical (unpaired) electrons. The van der Waals surface area contributed by atoms with Crippen LogP contribution in [0, 0.1) is 0 Å². The third-order valence-electron chi connectivity index (χ3n) is 2.74. The highest BCUT2D eigenvalue weighted by Crippen LogP contribution is 2.60. The molecule has 0 spiro atoms. The van der Waals surface area contributed by atoms with Gasteiger partial charge >= 0.3 is 0 Å². The van der Waals surface area contributed by atoms with Gasteiger partial charge < -0.3 is 0 Å². The lowest BCUT2D eigenvalue weighted by molar-refractivity contribution is 0.446. The maximum absolute atomic E-state index is 11.9. The third-order valence-corrected chi connectivity index (χ3v) is 10.7. The van der Waals surface area contributed by atoms with Crippen molar-refractivity contribution in [3.05, 3.63) is 0 Å². The summed E-state index contributed by atoms with van der Waals surface area (Å²) in [7, 11) is -2.38. The Morgan fingerprint density at radius 2 is 1.60 bits per heavy atom. The molecule has 0 heterocycles. The van der Waals surface area contributed by atoms with E-state index < -0.39 is 15.9 Å². The fourth-order valence-corrected chi connectivity index (χ4v) is 7.03. The molecule has 20 heavy (non-hydrogen) atoms. The minimum Gasteiger partial charge on any atom is -0.279 e. The number of nitrogens with one attached hydrogen (secondary N) is 1. The van der Waals surface area contributed by atoms with Crippen molar-refractivity contribution < 1.29 is 13.0 Å². The molecular weight excluding hydrogens is 339 g/mol. The van der Waals surface area contributed by atoms with Crippen LogP contribution in [-0.4, -0.2) is 26.3 Å². The summed E-state index contributed by atoms with van der Waals surface area (Å²) in [5.41, 5.74) is -3.40. The van der Waals surface area contributed by atoms with Gasteiger partial charge in [0.2, 0.25) is 0 Å². The van der Waals surface area contributed by atoms with E-state index in [1.807, 2.05) is 0 Å². The Balaban J connectivity index is 4.18. The van der Waals surface area contributed by atoms with Crippen molar-refractivity contribution in [1.82, 2.24) is 8.80 Å². The van der Waals surface area contributed by atoms with Gasteiger partial charge in [0.1, 0.15) is 0 Å². The molecule has 0 aliphatic rings. The van der Waals surface area contributed by atoms with Gasteiger partial charge in [-0.2, -0.15) is 12.7 Å². The molecule has 0 aromatic rings. The van der Waals surface area contributed by atoms with Gasteiger partial charge in [-0.15, -0.1) is 4.49 Å². The van der Waals surface area contributed by atoms with Gasteiger partial charge in [0.25, 0.3) is 15.9 Å². The molecule has 11 heteroatoms. The van der Waals surface area contributed by atoms with Crippen LogP contribution in [0.2, 0.25) is 0 Å². The Morgan fingerprint density at radius 1 is 1.10 bits per heavy atom. The summed E-state index contributed by atoms with van der Waals surface area (Å²) in [6.45, 7) is 2.53. The molecule has 0 saturated carbocycles. The van der Waals surface area contributed by atoms with Gasteiger partial charge in [-0.05, 0) is 6.42 Å². The van der Waals surface area contributed by atoms with Crippen LogP contribution in [0.15, 0.2) is 0 Å². The van der Waals surface area contributed by atoms with Crippen LogP contribution < -0.4 is 14.8 Å². The van der Waals surface area contributed by atoms with Gasteiger partial charge in [0.05, 0.1) is 0 Å². The van der Waals surface area contributed by atoms with Gasteiger partial charge in [-0.1, -0.05) is 39.0 Å². The lowest BCUT2D eigenvalue weighted by atomic mass is 10.1. The van der Waals surface area contributed by atoms with Crippen molar-refractivity contribution in [2.75, 3.05) is 13.6 Å². The van der Waals surface area contributed by atoms with Gasteiger partial charge in [-0.25, -0.2) is 0 Å². The highest BCUT2D eigenvalue weighted by molar-refractivity contribution is 8.89. The predicted octanol–water partition coefficient (Wildman–Crippen LogP) is 2.44. The second-order valence-electron chi connectivity index (χ2n) is 4.39. The standard InChI is InChI=1S/C9H25N4O3PS3/c1-3-4-5-6-7-8-9-13(2)20(15,16)12-17(14,18-10)19-11/h3-11H2,1-2H3,(H,12,14). The van der Waals surface area contributed by atoms with Crippen molar-refractivity contribution in [1.29, 1.82) is 0 Å². The van der Waals surface area contributed by atoms with Crippen molar-refractivity contribution >= 4 is 39.0 Å². The predicted molar refractivity (Wildman–Crippen MR) is 89.2 cm³/mol. The van der Waals surface area contributed by atoms with E-state index in [0.717, 1.165) is 23.6 Å². The van der Waals surface area contributed by atoms with Crippen molar-refractivity contribution in [2.45, 2.75) is 45.4 Å². The highest BCUT2D eigenvalue weighted by atomic mass is 33.1. The van der Waals surface area contributed by atoms with Gasteiger partial charge in [-0.3, -0.25) is 14.8 Å². The maximum atomic E-state index is 11.9. The first-order chi connectivity index (χ1) is 9.31. The number of hydrogen-bond acceptors (Lipinski definition) is 7. The minimum atomic E-state index is -3.82. The summed E-state index contributed by atoms with van der Waals surface area (Å²) in [4.78, 5) is 0. The second-order valence-corrected chi connectivity index (χ2v) is 13.2. The fourth-order valence-electron chi connectivity index (χ4n) is 1.51. The van der Waals surface area contributed by atoms with E-state index in [1.54, 1.807) is 0 Å². The van der Waals surface area contributed by atoms with Crippen LogP contribution >= 0.6 is 28.8 Å². The first kappa shape index (κ1) is 20.7. The molecule has 0 unspecified atom stereocenters. The zero-order valence-electron chi connectivity index (χ0n) is 11.9. The minimum absolute atomic E-state index is 0.381. The number of hydrogen-bond donors (Lipinski definition) is 3. The van der Waals surface area contributed by atoms with Crippen LogP contribution in [0.25, 0.3) is 0 Å². The smallest absolute Gasteiger partial charge is 0.279 e. The van der Waals surface area contributed by atoms with Crippen LogP contribution in [0.1, 0.15) is 45.4 Å². The van der Waals surface area contributed by atoms with Crippen molar-refractivity contribution in [3.63, 3.8) is 0 Å². The molecule has 0 atom stereocenters. The number of unbranched alkanes of at least 4 members (excludes halogenated alkanes) is 5. The quantitative estimate of drug-likeness (QED) is 0.276. The van der Waals surface area contributed by atoms with Crippen molar-refractivity contribution in [3.8, 4) is 0 Å². The van der Waals surface area contributed by atoms with Crippen LogP contribution in [0.3, 0.4) is 0 Å². The highest BCUT2D eigenvalue weighted by Gasteiger charge is 2.30. The normalized spacial score (nSPS) is 13.1. The molecule has 0 aromatic carbocycles. The lowest BCUT2D eigenvalue weighted by Crippen LogP contribution is -2.36. The van der Waals surface area contributed by atoms with Crippen LogP contribution in [-0.2, 0) is 14.8 Å². The van der Waals surface area contributed by atoms with Crippen LogP contribution in [0.4, 0.5) is 0 Å². The summed E-state index contributed by atoms with van der Waals surface area (Å²) >= 11 is 0.861. The maximum Gasteiger partial charge on any atom is 0.297 e. The average molecular weight is 364 g/mol. The molecule has 0 fully saturated rings. The second kappa shape index (κ2) is 10.4. The zero-order valence-corrected chi connectivity index (χ0v) is 15.3. The summed E-state index contributed by atoms with van der Waals surface area (Å²) in [6, 6.07) is 0. The van der Waals surface area contributed by atoms with Crippen LogP contribution in [0.5, 0.6) is 0 Å². The largest absolute Gasteiger partial charge is 0.297 e.